The molecule has 2 aliphatic heterocycles. The lowest BCUT2D eigenvalue weighted by molar-refractivity contribution is 0.239. The first kappa shape index (κ1) is 8.80. The third-order valence-electron chi connectivity index (χ3n) is 2.59. The summed E-state index contributed by atoms with van der Waals surface area (Å²) in [5.41, 5.74) is 5.05. The third kappa shape index (κ3) is 1.63. The van der Waals surface area contributed by atoms with Gasteiger partial charge < -0.3 is 10.5 Å². The predicted molar refractivity (Wildman–Crippen MR) is 48.2 cm³/mol. The summed E-state index contributed by atoms with van der Waals surface area (Å²) >= 11 is 0. The van der Waals surface area contributed by atoms with Crippen LogP contribution < -0.4 is 5.73 Å². The van der Waals surface area contributed by atoms with Gasteiger partial charge in [-0.1, -0.05) is 0 Å². The molecule has 74 valence electrons. The third-order valence-corrected chi connectivity index (χ3v) is 4.25. The molecule has 2 heterocycles. The normalized spacial score (nSPS) is 29.7. The zero-order valence-electron chi connectivity index (χ0n) is 7.19. The van der Waals surface area contributed by atoms with Crippen LogP contribution in [0.4, 0.5) is 0 Å². The van der Waals surface area contributed by atoms with Crippen LogP contribution in [0.3, 0.4) is 0 Å². The van der Waals surface area contributed by atoms with Crippen molar-refractivity contribution < 1.29 is 13.2 Å². The molecule has 1 fully saturated rings. The number of amidine groups is 1. The molecular formula is C7H12N2O3S. The number of hydrogen-bond acceptors (Lipinski definition) is 5. The molecule has 0 aromatic rings. The zero-order valence-corrected chi connectivity index (χ0v) is 8.01. The smallest absolute Gasteiger partial charge is 0.282 e. The second-order valence-electron chi connectivity index (χ2n) is 3.61. The molecule has 13 heavy (non-hydrogen) atoms. The number of rotatable bonds is 0. The fourth-order valence-electron chi connectivity index (χ4n) is 1.68. The van der Waals surface area contributed by atoms with Crippen molar-refractivity contribution in [2.24, 2.45) is 10.7 Å². The molecule has 1 spiro atoms. The van der Waals surface area contributed by atoms with Crippen LogP contribution in [0.15, 0.2) is 4.99 Å². The summed E-state index contributed by atoms with van der Waals surface area (Å²) in [4.78, 5) is 4.15. The maximum atomic E-state index is 11.2. The number of ether oxygens (including phenoxy) is 1. The molecule has 1 saturated heterocycles. The lowest BCUT2D eigenvalue weighted by Gasteiger charge is -2.27. The van der Waals surface area contributed by atoms with Crippen molar-refractivity contribution in [3.8, 4) is 0 Å². The minimum Gasteiger partial charge on any atom is -0.463 e. The Morgan fingerprint density at radius 2 is 2.00 bits per heavy atom. The van der Waals surface area contributed by atoms with Gasteiger partial charge in [-0.2, -0.15) is 0 Å². The molecule has 2 rings (SSSR count). The Morgan fingerprint density at radius 1 is 1.38 bits per heavy atom. The average molecular weight is 204 g/mol. The zero-order chi connectivity index (χ0) is 9.53. The Bertz CT molecular complexity index is 333. The van der Waals surface area contributed by atoms with Crippen molar-refractivity contribution in [3.63, 3.8) is 0 Å². The first-order valence-corrected chi connectivity index (χ1v) is 6.02. The molecule has 0 bridgehead atoms. The van der Waals surface area contributed by atoms with Gasteiger partial charge in [-0.3, -0.25) is 0 Å². The van der Waals surface area contributed by atoms with Gasteiger partial charge in [0.1, 0.15) is 12.1 Å². The van der Waals surface area contributed by atoms with Gasteiger partial charge in [0.25, 0.3) is 6.02 Å². The second-order valence-corrected chi connectivity index (χ2v) is 5.92. The van der Waals surface area contributed by atoms with E-state index in [4.69, 9.17) is 10.5 Å². The van der Waals surface area contributed by atoms with Crippen LogP contribution in [0, 0.1) is 0 Å². The van der Waals surface area contributed by atoms with E-state index in [0.717, 1.165) is 0 Å². The lowest BCUT2D eigenvalue weighted by atomic mass is 9.95. The number of nitrogens with two attached hydrogens (primary N) is 1. The Labute approximate surface area is 76.9 Å². The maximum Gasteiger partial charge on any atom is 0.282 e. The van der Waals surface area contributed by atoms with Gasteiger partial charge in [-0.15, -0.1) is 0 Å². The van der Waals surface area contributed by atoms with Crippen LogP contribution in [0.5, 0.6) is 0 Å². The minimum atomic E-state index is -2.83. The van der Waals surface area contributed by atoms with Crippen LogP contribution in [-0.4, -0.2) is 38.1 Å². The number of nitrogens with zero attached hydrogens (tertiary/aromatic N) is 1. The first-order chi connectivity index (χ1) is 6.02. The van der Waals surface area contributed by atoms with E-state index >= 15 is 0 Å². The molecule has 0 aliphatic carbocycles. The second kappa shape index (κ2) is 2.60. The highest BCUT2D eigenvalue weighted by Gasteiger charge is 2.41. The molecule has 6 heteroatoms. The highest BCUT2D eigenvalue weighted by atomic mass is 32.2. The van der Waals surface area contributed by atoms with E-state index < -0.39 is 9.84 Å². The molecule has 2 aliphatic rings. The molecule has 0 unspecified atom stereocenters. The van der Waals surface area contributed by atoms with Crippen molar-refractivity contribution in [2.45, 2.75) is 18.4 Å². The van der Waals surface area contributed by atoms with E-state index in [1.54, 1.807) is 0 Å². The summed E-state index contributed by atoms with van der Waals surface area (Å²) in [6.07, 6.45) is 1.08. The Hall–Kier alpha value is -0.780. The summed E-state index contributed by atoms with van der Waals surface area (Å²) in [7, 11) is -2.83. The van der Waals surface area contributed by atoms with Crippen molar-refractivity contribution >= 4 is 15.9 Å². The Kier molecular flexibility index (Phi) is 1.76. The molecule has 5 nitrogen and oxygen atoms in total. The predicted octanol–water partition coefficient (Wildman–Crippen LogP) is -0.721. The monoisotopic (exact) mass is 204 g/mol. The summed E-state index contributed by atoms with van der Waals surface area (Å²) in [6, 6.07) is 0.194. The van der Waals surface area contributed by atoms with Gasteiger partial charge in [0.05, 0.1) is 11.5 Å². The summed E-state index contributed by atoms with van der Waals surface area (Å²) in [5.74, 6) is 0.403. The lowest BCUT2D eigenvalue weighted by Crippen LogP contribution is -2.38. The van der Waals surface area contributed by atoms with E-state index in [1.165, 1.54) is 0 Å². The molecule has 0 aromatic carbocycles. The van der Waals surface area contributed by atoms with Crippen LogP contribution in [0.1, 0.15) is 12.8 Å². The van der Waals surface area contributed by atoms with Crippen molar-refractivity contribution in [1.82, 2.24) is 0 Å². The Balaban J connectivity index is 2.14. The standard InChI is InChI=1S/C7H12N2O3S/c8-6-9-7(5-12-6)1-3-13(10,11)4-2-7/h1-5H2,(H2,8,9). The number of aliphatic imine (C=N–C) groups is 1. The van der Waals surface area contributed by atoms with E-state index in [1.807, 2.05) is 0 Å². The van der Waals surface area contributed by atoms with Gasteiger partial charge in [0, 0.05) is 0 Å². The van der Waals surface area contributed by atoms with E-state index in [0.29, 0.717) is 19.4 Å². The van der Waals surface area contributed by atoms with E-state index in [-0.39, 0.29) is 23.1 Å². The quantitative estimate of drug-likeness (QED) is 0.564. The van der Waals surface area contributed by atoms with Crippen molar-refractivity contribution in [1.29, 1.82) is 0 Å². The van der Waals surface area contributed by atoms with E-state index in [2.05, 4.69) is 4.99 Å². The van der Waals surface area contributed by atoms with Gasteiger partial charge in [-0.05, 0) is 12.8 Å². The van der Waals surface area contributed by atoms with Crippen LogP contribution in [-0.2, 0) is 14.6 Å². The molecule has 0 saturated carbocycles. The van der Waals surface area contributed by atoms with Crippen LogP contribution in [0.25, 0.3) is 0 Å². The average Bonchev–Trinajstić information content (AvgIpc) is 2.41. The minimum absolute atomic E-state index is 0.194. The van der Waals surface area contributed by atoms with Gasteiger partial charge >= 0.3 is 0 Å². The molecule has 0 atom stereocenters. The Morgan fingerprint density at radius 3 is 2.46 bits per heavy atom. The number of hydrogen-bond donors (Lipinski definition) is 1. The van der Waals surface area contributed by atoms with Gasteiger partial charge in [-0.25, -0.2) is 13.4 Å². The molecular weight excluding hydrogens is 192 g/mol. The van der Waals surface area contributed by atoms with Gasteiger partial charge in [0.2, 0.25) is 0 Å². The summed E-state index contributed by atoms with van der Waals surface area (Å²) in [6.45, 7) is 0.439. The van der Waals surface area contributed by atoms with E-state index in [9.17, 15) is 8.42 Å². The molecule has 2 N–H and O–H groups in total. The van der Waals surface area contributed by atoms with Gasteiger partial charge in [0.15, 0.2) is 9.84 Å². The summed E-state index contributed by atoms with van der Waals surface area (Å²) < 4.78 is 27.4. The SMILES string of the molecule is NC1=NC2(CCS(=O)(=O)CC2)CO1. The van der Waals surface area contributed by atoms with Crippen LogP contribution in [0.2, 0.25) is 0 Å². The first-order valence-electron chi connectivity index (χ1n) is 4.20. The molecule has 0 radical (unpaired) electrons. The fourth-order valence-corrected chi connectivity index (χ4v) is 3.27. The topological polar surface area (TPSA) is 81.8 Å². The highest BCUT2D eigenvalue weighted by Crippen LogP contribution is 2.31. The maximum absolute atomic E-state index is 11.2. The highest BCUT2D eigenvalue weighted by molar-refractivity contribution is 7.91. The fraction of sp³-hybridized carbons (Fsp3) is 0.857. The molecule has 0 amide bonds. The van der Waals surface area contributed by atoms with Crippen LogP contribution >= 0.6 is 0 Å². The van der Waals surface area contributed by atoms with Crippen molar-refractivity contribution in [3.05, 3.63) is 0 Å². The largest absolute Gasteiger partial charge is 0.463 e. The number of sulfone groups is 1. The van der Waals surface area contributed by atoms with Crippen molar-refractivity contribution in [2.75, 3.05) is 18.1 Å². The summed E-state index contributed by atoms with van der Waals surface area (Å²) in [5, 5.41) is 0. The molecule has 0 aromatic heterocycles.